The SMILES string of the molecule is Cl.Cl.O=C(CN1CCOCC1)Nc1ccc(NC(=O)C2CSCN2)cc1. The maximum atomic E-state index is 12.0. The third-order valence-electron chi connectivity index (χ3n) is 3.94. The molecule has 26 heavy (non-hydrogen) atoms. The third-order valence-corrected chi connectivity index (χ3v) is 4.88. The number of carbonyl (C=O) groups excluding carboxylic acids is 2. The molecule has 3 rings (SSSR count). The predicted molar refractivity (Wildman–Crippen MR) is 110 cm³/mol. The number of hydrogen-bond donors (Lipinski definition) is 3. The standard InChI is InChI=1S/C16H22N4O3S.2ClH/c21-15(9-20-5-7-23-8-6-20)18-12-1-3-13(4-2-12)19-16(22)14-10-24-11-17-14;;/h1-4,14,17H,5-11H2,(H,18,21)(H,19,22);2*1H. The molecule has 1 unspecified atom stereocenters. The molecule has 2 fully saturated rings. The largest absolute Gasteiger partial charge is 0.379 e. The van der Waals surface area contributed by atoms with Crippen molar-refractivity contribution in [2.24, 2.45) is 0 Å². The fraction of sp³-hybridized carbons (Fsp3) is 0.500. The molecule has 0 spiro atoms. The Morgan fingerprint density at radius 1 is 1.12 bits per heavy atom. The molecule has 2 aliphatic rings. The number of rotatable bonds is 5. The monoisotopic (exact) mass is 422 g/mol. The van der Waals surface area contributed by atoms with Gasteiger partial charge >= 0.3 is 0 Å². The van der Waals surface area contributed by atoms with E-state index < -0.39 is 0 Å². The molecule has 10 heteroatoms. The fourth-order valence-electron chi connectivity index (χ4n) is 2.59. The first-order chi connectivity index (χ1) is 11.7. The first-order valence-electron chi connectivity index (χ1n) is 8.03. The molecule has 0 saturated carbocycles. The number of anilines is 2. The lowest BCUT2D eigenvalue weighted by molar-refractivity contribution is -0.118. The number of morpholine rings is 1. The second-order valence-corrected chi connectivity index (χ2v) is 6.81. The van der Waals surface area contributed by atoms with Crippen LogP contribution < -0.4 is 16.0 Å². The van der Waals surface area contributed by atoms with E-state index in [1.165, 1.54) is 0 Å². The average Bonchev–Trinajstić information content (AvgIpc) is 3.12. The Hall–Kier alpha value is -1.03. The summed E-state index contributed by atoms with van der Waals surface area (Å²) in [6, 6.07) is 7.05. The van der Waals surface area contributed by atoms with Crippen LogP contribution in [0.5, 0.6) is 0 Å². The highest BCUT2D eigenvalue weighted by atomic mass is 35.5. The summed E-state index contributed by atoms with van der Waals surface area (Å²) < 4.78 is 5.27. The second kappa shape index (κ2) is 11.6. The molecule has 7 nitrogen and oxygen atoms in total. The highest BCUT2D eigenvalue weighted by Crippen LogP contribution is 2.16. The highest BCUT2D eigenvalue weighted by molar-refractivity contribution is 7.99. The van der Waals surface area contributed by atoms with Gasteiger partial charge in [0.05, 0.1) is 25.8 Å². The summed E-state index contributed by atoms with van der Waals surface area (Å²) >= 11 is 1.71. The van der Waals surface area contributed by atoms with Gasteiger partial charge in [0.2, 0.25) is 11.8 Å². The minimum atomic E-state index is -0.136. The molecule has 2 saturated heterocycles. The predicted octanol–water partition coefficient (Wildman–Crippen LogP) is 1.40. The smallest absolute Gasteiger partial charge is 0.242 e. The van der Waals surface area contributed by atoms with Crippen LogP contribution in [-0.4, -0.2) is 67.2 Å². The zero-order valence-corrected chi connectivity index (χ0v) is 16.7. The number of carbonyl (C=O) groups is 2. The molecule has 2 heterocycles. The van der Waals surface area contributed by atoms with Crippen LogP contribution in [0.2, 0.25) is 0 Å². The van der Waals surface area contributed by atoms with Crippen molar-refractivity contribution in [3.63, 3.8) is 0 Å². The summed E-state index contributed by atoms with van der Waals surface area (Å²) in [5.74, 6) is 1.54. The van der Waals surface area contributed by atoms with Crippen LogP contribution in [0.4, 0.5) is 11.4 Å². The summed E-state index contributed by atoms with van der Waals surface area (Å²) in [6.07, 6.45) is 0. The quantitative estimate of drug-likeness (QED) is 0.665. The molecule has 1 aromatic carbocycles. The minimum Gasteiger partial charge on any atom is -0.379 e. The van der Waals surface area contributed by atoms with Crippen LogP contribution in [0.15, 0.2) is 24.3 Å². The van der Waals surface area contributed by atoms with E-state index in [9.17, 15) is 9.59 Å². The van der Waals surface area contributed by atoms with Gasteiger partial charge in [0.25, 0.3) is 0 Å². The number of nitrogens with zero attached hydrogens (tertiary/aromatic N) is 1. The van der Waals surface area contributed by atoms with Crippen molar-refractivity contribution in [2.75, 3.05) is 55.1 Å². The molecule has 0 radical (unpaired) electrons. The zero-order valence-electron chi connectivity index (χ0n) is 14.2. The van der Waals surface area contributed by atoms with Gasteiger partial charge in [-0.3, -0.25) is 19.8 Å². The molecular formula is C16H24Cl2N4O3S. The van der Waals surface area contributed by atoms with Gasteiger partial charge in [0.1, 0.15) is 0 Å². The van der Waals surface area contributed by atoms with Gasteiger partial charge in [0, 0.05) is 36.1 Å². The Balaban J connectivity index is 0.00000169. The van der Waals surface area contributed by atoms with Crippen molar-refractivity contribution in [1.82, 2.24) is 10.2 Å². The van der Waals surface area contributed by atoms with Crippen LogP contribution in [0.25, 0.3) is 0 Å². The Morgan fingerprint density at radius 2 is 1.73 bits per heavy atom. The fourth-order valence-corrected chi connectivity index (χ4v) is 3.53. The molecule has 146 valence electrons. The van der Waals surface area contributed by atoms with Crippen LogP contribution in [-0.2, 0) is 14.3 Å². The lowest BCUT2D eigenvalue weighted by Gasteiger charge is -2.25. The molecule has 1 aromatic rings. The van der Waals surface area contributed by atoms with Gasteiger partial charge in [-0.25, -0.2) is 0 Å². The Labute approximate surface area is 169 Å². The van der Waals surface area contributed by atoms with Crippen LogP contribution >= 0.6 is 36.6 Å². The number of ether oxygens (including phenoxy) is 1. The summed E-state index contributed by atoms with van der Waals surface area (Å²) in [6.45, 7) is 3.29. The van der Waals surface area contributed by atoms with E-state index in [1.807, 2.05) is 0 Å². The highest BCUT2D eigenvalue weighted by Gasteiger charge is 2.22. The number of benzene rings is 1. The third kappa shape index (κ3) is 6.94. The van der Waals surface area contributed by atoms with Crippen molar-refractivity contribution >= 4 is 59.8 Å². The van der Waals surface area contributed by atoms with Crippen molar-refractivity contribution in [3.05, 3.63) is 24.3 Å². The van der Waals surface area contributed by atoms with Crippen molar-refractivity contribution in [1.29, 1.82) is 0 Å². The number of hydrogen-bond acceptors (Lipinski definition) is 6. The molecule has 2 aliphatic heterocycles. The van der Waals surface area contributed by atoms with Crippen LogP contribution in [0.3, 0.4) is 0 Å². The Morgan fingerprint density at radius 3 is 2.31 bits per heavy atom. The summed E-state index contributed by atoms with van der Waals surface area (Å²) in [5, 5.41) is 8.89. The Kier molecular flexibility index (Phi) is 10.3. The van der Waals surface area contributed by atoms with Crippen LogP contribution in [0.1, 0.15) is 0 Å². The van der Waals surface area contributed by atoms with E-state index in [-0.39, 0.29) is 42.7 Å². The summed E-state index contributed by atoms with van der Waals surface area (Å²) in [4.78, 5) is 26.1. The molecule has 2 amide bonds. The van der Waals surface area contributed by atoms with Crippen LogP contribution in [0, 0.1) is 0 Å². The van der Waals surface area contributed by atoms with E-state index >= 15 is 0 Å². The van der Waals surface area contributed by atoms with Gasteiger partial charge < -0.3 is 15.4 Å². The average molecular weight is 423 g/mol. The molecular weight excluding hydrogens is 399 g/mol. The number of halogens is 2. The van der Waals surface area contributed by atoms with Crippen molar-refractivity contribution in [3.8, 4) is 0 Å². The molecule has 3 N–H and O–H groups in total. The van der Waals surface area contributed by atoms with E-state index in [2.05, 4.69) is 20.9 Å². The molecule has 0 bridgehead atoms. The molecule has 0 aromatic heterocycles. The number of thioether (sulfide) groups is 1. The van der Waals surface area contributed by atoms with Gasteiger partial charge in [-0.05, 0) is 24.3 Å². The molecule has 0 aliphatic carbocycles. The van der Waals surface area contributed by atoms with Gasteiger partial charge in [-0.2, -0.15) is 0 Å². The summed E-state index contributed by atoms with van der Waals surface area (Å²) in [5.41, 5.74) is 1.45. The zero-order chi connectivity index (χ0) is 16.8. The van der Waals surface area contributed by atoms with E-state index in [0.29, 0.717) is 19.8 Å². The van der Waals surface area contributed by atoms with E-state index in [0.717, 1.165) is 36.1 Å². The van der Waals surface area contributed by atoms with Gasteiger partial charge in [0.15, 0.2) is 0 Å². The second-order valence-electron chi connectivity index (χ2n) is 5.78. The normalized spacial score (nSPS) is 19.8. The lowest BCUT2D eigenvalue weighted by atomic mass is 10.2. The topological polar surface area (TPSA) is 82.7 Å². The maximum absolute atomic E-state index is 12.0. The first-order valence-corrected chi connectivity index (χ1v) is 9.18. The first kappa shape index (κ1) is 23.0. The van der Waals surface area contributed by atoms with Crippen molar-refractivity contribution in [2.45, 2.75) is 6.04 Å². The van der Waals surface area contributed by atoms with Crippen molar-refractivity contribution < 1.29 is 14.3 Å². The number of amides is 2. The maximum Gasteiger partial charge on any atom is 0.242 e. The van der Waals surface area contributed by atoms with E-state index in [4.69, 9.17) is 4.74 Å². The van der Waals surface area contributed by atoms with Gasteiger partial charge in [-0.15, -0.1) is 36.6 Å². The summed E-state index contributed by atoms with van der Waals surface area (Å²) in [7, 11) is 0. The van der Waals surface area contributed by atoms with E-state index in [1.54, 1.807) is 36.0 Å². The Bertz CT molecular complexity index is 579. The lowest BCUT2D eigenvalue weighted by Crippen LogP contribution is -2.41. The minimum absolute atomic E-state index is 0. The molecule has 1 atom stereocenters. The number of nitrogens with one attached hydrogen (secondary N) is 3. The van der Waals surface area contributed by atoms with Gasteiger partial charge in [-0.1, -0.05) is 0 Å².